The summed E-state index contributed by atoms with van der Waals surface area (Å²) in [7, 11) is 0. The first-order valence-corrected chi connectivity index (χ1v) is 10.1. The van der Waals surface area contributed by atoms with Gasteiger partial charge >= 0.3 is 0 Å². The summed E-state index contributed by atoms with van der Waals surface area (Å²) < 4.78 is 10.0. The minimum Gasteiger partial charge on any atom is -0.373 e. The van der Waals surface area contributed by atoms with Gasteiger partial charge in [-0.15, -0.1) is 0 Å². The van der Waals surface area contributed by atoms with Crippen LogP contribution in [0.2, 0.25) is 0 Å². The van der Waals surface area contributed by atoms with Crippen LogP contribution in [0.15, 0.2) is 18.6 Å². The smallest absolute Gasteiger partial charge is 0.226 e. The Bertz CT molecular complexity index is 771. The minimum absolute atomic E-state index is 0.0683. The van der Waals surface area contributed by atoms with Crippen LogP contribution in [0.25, 0.3) is 0 Å². The molecule has 0 aliphatic carbocycles. The summed E-state index contributed by atoms with van der Waals surface area (Å²) in [5, 5.41) is 7.47. The molecule has 0 bridgehead atoms. The van der Waals surface area contributed by atoms with Crippen LogP contribution in [0.4, 0.5) is 0 Å². The first-order chi connectivity index (χ1) is 13.1. The Kier molecular flexibility index (Phi) is 5.29. The van der Waals surface area contributed by atoms with E-state index in [-0.39, 0.29) is 17.9 Å². The Morgan fingerprint density at radius 2 is 2.26 bits per heavy atom. The number of fused-ring (bicyclic) bond motifs is 1. The van der Waals surface area contributed by atoms with Crippen LogP contribution in [-0.2, 0) is 28.9 Å². The lowest BCUT2D eigenvalue weighted by Crippen LogP contribution is -2.33. The Hall–Kier alpha value is -2.15. The molecule has 2 aromatic rings. The molecule has 2 aromatic heterocycles. The third kappa shape index (κ3) is 3.93. The number of hydrogen-bond acceptors (Lipinski definition) is 4. The first kappa shape index (κ1) is 18.2. The maximum atomic E-state index is 12.7. The molecule has 7 nitrogen and oxygen atoms in total. The van der Waals surface area contributed by atoms with E-state index in [1.54, 1.807) is 0 Å². The molecule has 4 rings (SSSR count). The van der Waals surface area contributed by atoms with Gasteiger partial charge in [0.1, 0.15) is 5.82 Å². The zero-order valence-electron chi connectivity index (χ0n) is 16.2. The monoisotopic (exact) mass is 371 g/mol. The number of amides is 1. The Balaban J connectivity index is 1.32. The topological polar surface area (TPSA) is 74.0 Å². The van der Waals surface area contributed by atoms with Gasteiger partial charge in [0, 0.05) is 56.5 Å². The number of ether oxygens (including phenoxy) is 1. The molecule has 1 saturated heterocycles. The van der Waals surface area contributed by atoms with E-state index in [0.29, 0.717) is 19.2 Å². The predicted octanol–water partition coefficient (Wildman–Crippen LogP) is 2.43. The van der Waals surface area contributed by atoms with Gasteiger partial charge in [-0.1, -0.05) is 0 Å². The van der Waals surface area contributed by atoms with Gasteiger partial charge in [-0.25, -0.2) is 4.98 Å². The molecule has 0 radical (unpaired) electrons. The maximum absolute atomic E-state index is 12.7. The van der Waals surface area contributed by atoms with Gasteiger partial charge in [-0.2, -0.15) is 5.10 Å². The van der Waals surface area contributed by atoms with E-state index in [4.69, 9.17) is 9.72 Å². The normalized spacial score (nSPS) is 22.2. The van der Waals surface area contributed by atoms with Gasteiger partial charge in [0.2, 0.25) is 5.91 Å². The second-order valence-corrected chi connectivity index (χ2v) is 7.87. The van der Waals surface area contributed by atoms with Crippen LogP contribution in [0.1, 0.15) is 62.3 Å². The number of imidazole rings is 1. The molecule has 0 spiro atoms. The summed E-state index contributed by atoms with van der Waals surface area (Å²) in [6, 6.07) is 0.299. The summed E-state index contributed by atoms with van der Waals surface area (Å²) in [6.45, 7) is 6.47. The molecule has 4 heterocycles. The Morgan fingerprint density at radius 1 is 1.37 bits per heavy atom. The molecular weight excluding hydrogens is 342 g/mol. The molecular formula is C20H29N5O2. The second kappa shape index (κ2) is 7.84. The number of carbonyl (C=O) groups is 1. The number of aryl methyl sites for hydroxylation is 2. The van der Waals surface area contributed by atoms with Crippen LogP contribution in [0.5, 0.6) is 0 Å². The van der Waals surface area contributed by atoms with Crippen LogP contribution in [-0.4, -0.2) is 38.4 Å². The van der Waals surface area contributed by atoms with Crippen LogP contribution in [0, 0.1) is 5.92 Å². The van der Waals surface area contributed by atoms with Crippen molar-refractivity contribution < 1.29 is 9.53 Å². The van der Waals surface area contributed by atoms with E-state index in [1.165, 1.54) is 18.7 Å². The van der Waals surface area contributed by atoms with E-state index < -0.39 is 0 Å². The zero-order chi connectivity index (χ0) is 18.8. The summed E-state index contributed by atoms with van der Waals surface area (Å²) in [5.74, 6) is 1.11. The van der Waals surface area contributed by atoms with Gasteiger partial charge in [0.05, 0.1) is 23.9 Å². The van der Waals surface area contributed by atoms with Gasteiger partial charge in [0.25, 0.3) is 0 Å². The molecule has 2 aliphatic rings. The summed E-state index contributed by atoms with van der Waals surface area (Å²) in [5.41, 5.74) is 2.06. The average Bonchev–Trinajstić information content (AvgIpc) is 3.38. The lowest BCUT2D eigenvalue weighted by Gasteiger charge is -2.17. The van der Waals surface area contributed by atoms with Gasteiger partial charge in [0.15, 0.2) is 0 Å². The molecule has 1 fully saturated rings. The maximum Gasteiger partial charge on any atom is 0.226 e. The zero-order valence-corrected chi connectivity index (χ0v) is 16.2. The van der Waals surface area contributed by atoms with Crippen molar-refractivity contribution in [2.24, 2.45) is 5.92 Å². The molecule has 2 aliphatic heterocycles. The summed E-state index contributed by atoms with van der Waals surface area (Å²) in [6.07, 6.45) is 10.8. The molecule has 7 heteroatoms. The molecule has 0 unspecified atom stereocenters. The number of carbonyl (C=O) groups excluding carboxylic acids is 1. The van der Waals surface area contributed by atoms with E-state index in [9.17, 15) is 4.79 Å². The number of nitrogens with one attached hydrogen (secondary N) is 1. The summed E-state index contributed by atoms with van der Waals surface area (Å²) in [4.78, 5) is 17.4. The van der Waals surface area contributed by atoms with E-state index in [1.807, 2.05) is 17.1 Å². The highest BCUT2D eigenvalue weighted by atomic mass is 16.5. The van der Waals surface area contributed by atoms with Crippen molar-refractivity contribution in [3.8, 4) is 0 Å². The second-order valence-electron chi connectivity index (χ2n) is 7.87. The van der Waals surface area contributed by atoms with Crippen LogP contribution < -0.4 is 5.32 Å². The molecule has 146 valence electrons. The number of nitrogens with zero attached hydrogens (tertiary/aromatic N) is 4. The molecule has 27 heavy (non-hydrogen) atoms. The van der Waals surface area contributed by atoms with Gasteiger partial charge in [-0.3, -0.25) is 9.48 Å². The quantitative estimate of drug-likeness (QED) is 0.846. The minimum atomic E-state index is -0.197. The fourth-order valence-electron chi connectivity index (χ4n) is 4.01. The fraction of sp³-hybridized carbons (Fsp3) is 0.650. The van der Waals surface area contributed by atoms with E-state index in [0.717, 1.165) is 37.1 Å². The molecule has 0 saturated carbocycles. The Labute approximate surface area is 160 Å². The number of aromatic nitrogens is 4. The third-order valence-electron chi connectivity index (χ3n) is 5.55. The van der Waals surface area contributed by atoms with Crippen molar-refractivity contribution in [1.29, 1.82) is 0 Å². The molecule has 1 N–H and O–H groups in total. The van der Waals surface area contributed by atoms with Gasteiger partial charge in [-0.05, 0) is 33.1 Å². The van der Waals surface area contributed by atoms with Crippen LogP contribution in [0.3, 0.4) is 0 Å². The van der Waals surface area contributed by atoms with Crippen molar-refractivity contribution in [2.75, 3.05) is 13.2 Å². The number of hydrogen-bond donors (Lipinski definition) is 1. The predicted molar refractivity (Wildman–Crippen MR) is 101 cm³/mol. The summed E-state index contributed by atoms with van der Waals surface area (Å²) >= 11 is 0. The van der Waals surface area contributed by atoms with Crippen molar-refractivity contribution in [3.63, 3.8) is 0 Å². The van der Waals surface area contributed by atoms with E-state index in [2.05, 4.69) is 35.0 Å². The number of rotatable bonds is 6. The van der Waals surface area contributed by atoms with E-state index >= 15 is 0 Å². The highest BCUT2D eigenvalue weighted by Crippen LogP contribution is 2.34. The largest absolute Gasteiger partial charge is 0.373 e. The van der Waals surface area contributed by atoms with Crippen molar-refractivity contribution in [3.05, 3.63) is 35.7 Å². The van der Waals surface area contributed by atoms with Crippen molar-refractivity contribution in [2.45, 2.75) is 64.6 Å². The average molecular weight is 371 g/mol. The highest BCUT2D eigenvalue weighted by molar-refractivity contribution is 5.79. The Morgan fingerprint density at radius 3 is 3.04 bits per heavy atom. The standard InChI is InChI=1S/C20H29N5O2/c1-14(2)25-12-15(11-22-25)19-17(7-10-27-19)20(26)21-8-6-16-13-24-9-4-3-5-18(24)23-16/h11-14,17,19H,3-10H2,1-2H3,(H,21,26)/t17-,19+/m1/s1. The molecule has 2 atom stereocenters. The first-order valence-electron chi connectivity index (χ1n) is 10.1. The highest BCUT2D eigenvalue weighted by Gasteiger charge is 2.36. The lowest BCUT2D eigenvalue weighted by molar-refractivity contribution is -0.126. The lowest BCUT2D eigenvalue weighted by atomic mass is 9.96. The third-order valence-corrected chi connectivity index (χ3v) is 5.55. The van der Waals surface area contributed by atoms with Gasteiger partial charge < -0.3 is 14.6 Å². The molecule has 0 aromatic carbocycles. The fourth-order valence-corrected chi connectivity index (χ4v) is 4.01. The SMILES string of the molecule is CC(C)n1cc([C@@H]2OCC[C@H]2C(=O)NCCc2cn3c(n2)CCCC3)cn1. The van der Waals surface area contributed by atoms with Crippen molar-refractivity contribution >= 4 is 5.91 Å². The van der Waals surface area contributed by atoms with Crippen LogP contribution >= 0.6 is 0 Å². The van der Waals surface area contributed by atoms with Crippen molar-refractivity contribution in [1.82, 2.24) is 24.6 Å². The molecule has 1 amide bonds.